The minimum Gasteiger partial charge on any atom is -0.481 e. The van der Waals surface area contributed by atoms with Crippen molar-refractivity contribution in [3.63, 3.8) is 0 Å². The molecule has 0 aromatic heterocycles. The molecule has 23 heavy (non-hydrogen) atoms. The quantitative estimate of drug-likeness (QED) is 0.263. The van der Waals surface area contributed by atoms with Crippen molar-refractivity contribution in [2.45, 2.75) is 70.8 Å². The van der Waals surface area contributed by atoms with E-state index in [9.17, 15) is 9.90 Å². The van der Waals surface area contributed by atoms with E-state index in [1.807, 2.05) is 24.3 Å². The lowest BCUT2D eigenvalue weighted by atomic mass is 10.2. The maximum absolute atomic E-state index is 10.3. The minimum atomic E-state index is -0.760. The van der Waals surface area contributed by atoms with E-state index < -0.39 is 12.1 Å². The summed E-state index contributed by atoms with van der Waals surface area (Å²) in [6, 6.07) is 0. The molecule has 0 spiro atoms. The first-order valence-corrected chi connectivity index (χ1v) is 8.70. The lowest BCUT2D eigenvalue weighted by Gasteiger charge is -1.99. The van der Waals surface area contributed by atoms with Crippen molar-refractivity contribution in [1.29, 1.82) is 0 Å². The van der Waals surface area contributed by atoms with Gasteiger partial charge in [-0.05, 0) is 38.5 Å². The summed E-state index contributed by atoms with van der Waals surface area (Å²) in [6.45, 7) is 2.21. The molecule has 1 unspecified atom stereocenters. The van der Waals surface area contributed by atoms with Gasteiger partial charge in [0, 0.05) is 6.42 Å². The Hall–Kier alpha value is -1.61. The van der Waals surface area contributed by atoms with Gasteiger partial charge in [-0.2, -0.15) is 0 Å². The van der Waals surface area contributed by atoms with E-state index in [1.165, 1.54) is 19.3 Å². The van der Waals surface area contributed by atoms with Gasteiger partial charge in [-0.3, -0.25) is 4.79 Å². The predicted octanol–water partition coefficient (Wildman–Crippen LogP) is 5.19. The van der Waals surface area contributed by atoms with Crippen LogP contribution in [0.5, 0.6) is 0 Å². The zero-order valence-corrected chi connectivity index (χ0v) is 14.4. The van der Waals surface area contributed by atoms with Crippen LogP contribution in [0, 0.1) is 0 Å². The van der Waals surface area contributed by atoms with Crippen LogP contribution in [0.2, 0.25) is 0 Å². The Bertz CT molecular complexity index is 392. The first-order chi connectivity index (χ1) is 11.2. The van der Waals surface area contributed by atoms with E-state index in [1.54, 1.807) is 6.08 Å². The third-order valence-corrected chi connectivity index (χ3v) is 3.30. The van der Waals surface area contributed by atoms with Gasteiger partial charge in [0.05, 0.1) is 6.10 Å². The maximum Gasteiger partial charge on any atom is 0.303 e. The zero-order chi connectivity index (χ0) is 17.2. The minimum absolute atomic E-state index is 0.199. The van der Waals surface area contributed by atoms with Gasteiger partial charge in [0.1, 0.15) is 0 Å². The number of hydrogen-bond acceptors (Lipinski definition) is 2. The molecule has 0 radical (unpaired) electrons. The van der Waals surface area contributed by atoms with E-state index in [0.29, 0.717) is 12.8 Å². The van der Waals surface area contributed by atoms with E-state index in [4.69, 9.17) is 5.11 Å². The number of hydrogen-bond donors (Lipinski definition) is 2. The van der Waals surface area contributed by atoms with E-state index in [-0.39, 0.29) is 6.42 Å². The largest absolute Gasteiger partial charge is 0.481 e. The number of aliphatic hydroxyl groups is 1. The number of aliphatic carboxylic acids is 1. The lowest BCUT2D eigenvalue weighted by Crippen LogP contribution is -1.98. The average molecular weight is 320 g/mol. The van der Waals surface area contributed by atoms with E-state index in [2.05, 4.69) is 25.2 Å². The van der Waals surface area contributed by atoms with Crippen molar-refractivity contribution in [1.82, 2.24) is 0 Å². The Balaban J connectivity index is 3.63. The molecule has 1 atom stereocenters. The van der Waals surface area contributed by atoms with Gasteiger partial charge in [-0.1, -0.05) is 68.4 Å². The number of carbonyl (C=O) groups is 1. The molecule has 0 aromatic rings. The average Bonchev–Trinajstić information content (AvgIpc) is 2.52. The summed E-state index contributed by atoms with van der Waals surface area (Å²) in [6.07, 6.45) is 23.5. The highest BCUT2D eigenvalue weighted by Crippen LogP contribution is 2.02. The van der Waals surface area contributed by atoms with E-state index >= 15 is 0 Å². The number of carboxylic acids is 1. The molecule has 0 heterocycles. The fourth-order valence-corrected chi connectivity index (χ4v) is 1.96. The van der Waals surface area contributed by atoms with Crippen LogP contribution in [0.4, 0.5) is 0 Å². The fraction of sp³-hybridized carbons (Fsp3) is 0.550. The normalized spacial score (nSPS) is 13.8. The summed E-state index contributed by atoms with van der Waals surface area (Å²) in [7, 11) is 0. The van der Waals surface area contributed by atoms with Crippen LogP contribution in [-0.2, 0) is 4.79 Å². The van der Waals surface area contributed by atoms with Gasteiger partial charge >= 0.3 is 5.97 Å². The molecule has 0 rings (SSSR count). The van der Waals surface area contributed by atoms with Gasteiger partial charge in [0.2, 0.25) is 0 Å². The van der Waals surface area contributed by atoms with E-state index in [0.717, 1.165) is 19.3 Å². The first kappa shape index (κ1) is 21.4. The van der Waals surface area contributed by atoms with Crippen molar-refractivity contribution in [2.75, 3.05) is 0 Å². The predicted molar refractivity (Wildman–Crippen MR) is 97.4 cm³/mol. The molecular weight excluding hydrogens is 288 g/mol. The second-order valence-corrected chi connectivity index (χ2v) is 5.58. The summed E-state index contributed by atoms with van der Waals surface area (Å²) in [5, 5.41) is 18.2. The SMILES string of the molecule is CCCCC/C=C\C/C=C\C=C/C(O)C/C=C/CCCC(=O)O. The highest BCUT2D eigenvalue weighted by Gasteiger charge is 1.95. The van der Waals surface area contributed by atoms with Crippen LogP contribution in [0.3, 0.4) is 0 Å². The Morgan fingerprint density at radius 1 is 0.957 bits per heavy atom. The van der Waals surface area contributed by atoms with Crippen molar-refractivity contribution in [2.24, 2.45) is 0 Å². The van der Waals surface area contributed by atoms with Crippen LogP contribution in [-0.4, -0.2) is 22.3 Å². The van der Waals surface area contributed by atoms with Crippen molar-refractivity contribution >= 4 is 5.97 Å². The Kier molecular flexibility index (Phi) is 15.6. The highest BCUT2D eigenvalue weighted by atomic mass is 16.4. The molecule has 0 aliphatic rings. The molecule has 130 valence electrons. The smallest absolute Gasteiger partial charge is 0.303 e. The van der Waals surface area contributed by atoms with Crippen LogP contribution >= 0.6 is 0 Å². The number of carboxylic acid groups (broad SMARTS) is 1. The first-order valence-electron chi connectivity index (χ1n) is 8.70. The molecule has 0 bridgehead atoms. The summed E-state index contributed by atoms with van der Waals surface area (Å²) < 4.78 is 0. The molecule has 0 saturated heterocycles. The molecule has 0 saturated carbocycles. The van der Waals surface area contributed by atoms with Gasteiger partial charge in [0.15, 0.2) is 0 Å². The molecular formula is C20H32O3. The second-order valence-electron chi connectivity index (χ2n) is 5.58. The Morgan fingerprint density at radius 2 is 1.70 bits per heavy atom. The molecule has 0 amide bonds. The summed E-state index contributed by atoms with van der Waals surface area (Å²) in [5.74, 6) is -0.760. The fourth-order valence-electron chi connectivity index (χ4n) is 1.96. The molecule has 3 heteroatoms. The molecule has 0 aliphatic carbocycles. The van der Waals surface area contributed by atoms with Gasteiger partial charge in [0.25, 0.3) is 0 Å². The summed E-state index contributed by atoms with van der Waals surface area (Å²) in [4.78, 5) is 10.3. The van der Waals surface area contributed by atoms with Crippen molar-refractivity contribution in [3.8, 4) is 0 Å². The highest BCUT2D eigenvalue weighted by molar-refractivity contribution is 5.66. The third kappa shape index (κ3) is 18.3. The van der Waals surface area contributed by atoms with Gasteiger partial charge in [-0.25, -0.2) is 0 Å². The maximum atomic E-state index is 10.3. The number of allylic oxidation sites excluding steroid dienone is 6. The molecule has 2 N–H and O–H groups in total. The van der Waals surface area contributed by atoms with Crippen molar-refractivity contribution < 1.29 is 15.0 Å². The monoisotopic (exact) mass is 320 g/mol. The standard InChI is InChI=1S/C20H32O3/c1-2-3-4-5-6-7-8-9-10-13-16-19(21)17-14-11-12-15-18-20(22)23/h6-7,9-11,13-14,16,19,21H,2-5,8,12,15,17-18H2,1H3,(H,22,23)/b7-6-,10-9-,14-11+,16-13-. The summed E-state index contributed by atoms with van der Waals surface area (Å²) in [5.41, 5.74) is 0. The Morgan fingerprint density at radius 3 is 2.43 bits per heavy atom. The number of unbranched alkanes of at least 4 members (excludes halogenated alkanes) is 4. The molecule has 3 nitrogen and oxygen atoms in total. The number of aliphatic hydroxyl groups excluding tert-OH is 1. The number of rotatable bonds is 14. The lowest BCUT2D eigenvalue weighted by molar-refractivity contribution is -0.137. The van der Waals surface area contributed by atoms with Crippen LogP contribution in [0.25, 0.3) is 0 Å². The molecule has 0 aliphatic heterocycles. The van der Waals surface area contributed by atoms with Gasteiger partial charge < -0.3 is 10.2 Å². The second kappa shape index (κ2) is 16.8. The van der Waals surface area contributed by atoms with Crippen LogP contribution in [0.15, 0.2) is 48.6 Å². The van der Waals surface area contributed by atoms with Crippen LogP contribution in [0.1, 0.15) is 64.7 Å². The zero-order valence-electron chi connectivity index (χ0n) is 14.4. The van der Waals surface area contributed by atoms with Gasteiger partial charge in [-0.15, -0.1) is 0 Å². The third-order valence-electron chi connectivity index (χ3n) is 3.30. The summed E-state index contributed by atoms with van der Waals surface area (Å²) >= 11 is 0. The molecule has 0 aromatic carbocycles. The van der Waals surface area contributed by atoms with Crippen LogP contribution < -0.4 is 0 Å². The van der Waals surface area contributed by atoms with Crippen molar-refractivity contribution in [3.05, 3.63) is 48.6 Å². The Labute approximate surface area is 141 Å². The topological polar surface area (TPSA) is 57.5 Å². The molecule has 0 fully saturated rings.